The van der Waals surface area contributed by atoms with Crippen LogP contribution >= 0.6 is 0 Å². The summed E-state index contributed by atoms with van der Waals surface area (Å²) in [5.41, 5.74) is 1.12. The molecule has 1 N–H and O–H groups in total. The Bertz CT molecular complexity index is 687. The van der Waals surface area contributed by atoms with E-state index in [4.69, 9.17) is 9.47 Å². The average molecular weight is 357 g/mol. The minimum Gasteiger partial charge on any atom is -0.379 e. The number of aromatic nitrogens is 2. The molecule has 0 unspecified atom stereocenters. The van der Waals surface area contributed by atoms with Crippen LogP contribution in [0.2, 0.25) is 0 Å². The van der Waals surface area contributed by atoms with E-state index >= 15 is 0 Å². The Kier molecular flexibility index (Phi) is 6.80. The summed E-state index contributed by atoms with van der Waals surface area (Å²) < 4.78 is 13.6. The van der Waals surface area contributed by atoms with Gasteiger partial charge in [0.2, 0.25) is 5.91 Å². The molecule has 1 aliphatic rings. The molecule has 1 amide bonds. The van der Waals surface area contributed by atoms with Crippen LogP contribution in [0.3, 0.4) is 0 Å². The zero-order valence-electron chi connectivity index (χ0n) is 15.3. The molecular weight excluding hydrogens is 330 g/mol. The molecule has 2 heterocycles. The predicted molar refractivity (Wildman–Crippen MR) is 98.6 cm³/mol. The average Bonchev–Trinajstić information content (AvgIpc) is 3.14. The van der Waals surface area contributed by atoms with Crippen molar-refractivity contribution in [3.63, 3.8) is 0 Å². The lowest BCUT2D eigenvalue weighted by molar-refractivity contribution is -0.126. The van der Waals surface area contributed by atoms with E-state index in [0.29, 0.717) is 32.8 Å². The lowest BCUT2D eigenvalue weighted by Crippen LogP contribution is -2.50. The van der Waals surface area contributed by atoms with Gasteiger partial charge in [0.05, 0.1) is 19.3 Å². The highest BCUT2D eigenvalue weighted by molar-refractivity contribution is 5.76. The molecule has 0 bridgehead atoms. The van der Waals surface area contributed by atoms with Gasteiger partial charge in [-0.05, 0) is 12.0 Å². The summed E-state index contributed by atoms with van der Waals surface area (Å²) in [6.07, 6.45) is 5.66. The third-order valence-corrected chi connectivity index (χ3v) is 4.66. The van der Waals surface area contributed by atoms with Crippen LogP contribution in [0.4, 0.5) is 0 Å². The summed E-state index contributed by atoms with van der Waals surface area (Å²) in [6.45, 7) is 4.40. The third-order valence-electron chi connectivity index (χ3n) is 4.66. The maximum Gasteiger partial charge on any atom is 0.222 e. The van der Waals surface area contributed by atoms with Crippen LogP contribution in [0.15, 0.2) is 42.7 Å². The second-order valence-corrected chi connectivity index (χ2v) is 6.51. The standard InChI is InChI=1S/C20H27N3O3/c1-2-19-21-10-12-23(19)11-8-20(24)22-17-9-13-25-15-18(17)26-14-16-6-4-3-5-7-16/h3-7,10,12,17-18H,2,8-9,11,13-15H2,1H3,(H,22,24)/t17-,18-/m1/s1. The molecule has 1 aromatic heterocycles. The summed E-state index contributed by atoms with van der Waals surface area (Å²) in [5.74, 6) is 1.05. The highest BCUT2D eigenvalue weighted by Crippen LogP contribution is 2.14. The molecule has 26 heavy (non-hydrogen) atoms. The number of amides is 1. The zero-order valence-corrected chi connectivity index (χ0v) is 15.3. The number of rotatable bonds is 8. The molecule has 0 saturated carbocycles. The van der Waals surface area contributed by atoms with Gasteiger partial charge in [0.25, 0.3) is 0 Å². The molecule has 2 atom stereocenters. The summed E-state index contributed by atoms with van der Waals surface area (Å²) in [4.78, 5) is 16.7. The van der Waals surface area contributed by atoms with E-state index in [0.717, 1.165) is 24.2 Å². The first-order valence-electron chi connectivity index (χ1n) is 9.29. The van der Waals surface area contributed by atoms with Crippen molar-refractivity contribution in [3.8, 4) is 0 Å². The lowest BCUT2D eigenvalue weighted by Gasteiger charge is -2.32. The van der Waals surface area contributed by atoms with Gasteiger partial charge >= 0.3 is 0 Å². The Morgan fingerprint density at radius 3 is 3.04 bits per heavy atom. The number of carbonyl (C=O) groups is 1. The van der Waals surface area contributed by atoms with Crippen molar-refractivity contribution in [2.75, 3.05) is 13.2 Å². The topological polar surface area (TPSA) is 65.4 Å². The van der Waals surface area contributed by atoms with Crippen LogP contribution in [0.25, 0.3) is 0 Å². The number of aryl methyl sites for hydroxylation is 2. The smallest absolute Gasteiger partial charge is 0.222 e. The molecule has 140 valence electrons. The van der Waals surface area contributed by atoms with Crippen LogP contribution in [0.5, 0.6) is 0 Å². The Balaban J connectivity index is 1.48. The first-order valence-corrected chi connectivity index (χ1v) is 9.29. The largest absolute Gasteiger partial charge is 0.379 e. The quantitative estimate of drug-likeness (QED) is 0.787. The van der Waals surface area contributed by atoms with Gasteiger partial charge in [-0.25, -0.2) is 4.98 Å². The van der Waals surface area contributed by atoms with Crippen LogP contribution in [0.1, 0.15) is 31.2 Å². The number of nitrogens with one attached hydrogen (secondary N) is 1. The van der Waals surface area contributed by atoms with E-state index in [1.165, 1.54) is 0 Å². The van der Waals surface area contributed by atoms with Gasteiger partial charge in [-0.2, -0.15) is 0 Å². The molecule has 1 fully saturated rings. The highest BCUT2D eigenvalue weighted by Gasteiger charge is 2.27. The molecule has 0 aliphatic carbocycles. The number of benzene rings is 1. The minimum atomic E-state index is -0.118. The van der Waals surface area contributed by atoms with E-state index in [2.05, 4.69) is 17.2 Å². The normalized spacial score (nSPS) is 20.0. The minimum absolute atomic E-state index is 0.00612. The van der Waals surface area contributed by atoms with E-state index in [1.54, 1.807) is 6.20 Å². The molecule has 0 spiro atoms. The summed E-state index contributed by atoms with van der Waals surface area (Å²) >= 11 is 0. The number of carbonyl (C=O) groups excluding carboxylic acids is 1. The number of imidazole rings is 1. The van der Waals surface area contributed by atoms with Crippen molar-refractivity contribution in [1.29, 1.82) is 0 Å². The molecule has 1 aromatic carbocycles. The lowest BCUT2D eigenvalue weighted by atomic mass is 10.1. The van der Waals surface area contributed by atoms with Crippen molar-refractivity contribution in [3.05, 3.63) is 54.1 Å². The van der Waals surface area contributed by atoms with Crippen molar-refractivity contribution >= 4 is 5.91 Å². The molecule has 3 rings (SSSR count). The Morgan fingerprint density at radius 2 is 2.23 bits per heavy atom. The number of hydrogen-bond donors (Lipinski definition) is 1. The molecule has 6 nitrogen and oxygen atoms in total. The van der Waals surface area contributed by atoms with E-state index < -0.39 is 0 Å². The first kappa shape index (κ1) is 18.6. The summed E-state index contributed by atoms with van der Waals surface area (Å²) in [5, 5.41) is 3.13. The maximum atomic E-state index is 12.4. The monoisotopic (exact) mass is 357 g/mol. The summed E-state index contributed by atoms with van der Waals surface area (Å²) in [6, 6.07) is 10.0. The fraction of sp³-hybridized carbons (Fsp3) is 0.500. The Labute approximate surface area is 154 Å². The zero-order chi connectivity index (χ0) is 18.2. The highest BCUT2D eigenvalue weighted by atomic mass is 16.5. The van der Waals surface area contributed by atoms with Gasteiger partial charge < -0.3 is 19.4 Å². The number of nitrogens with zero attached hydrogens (tertiary/aromatic N) is 2. The van der Waals surface area contributed by atoms with Crippen LogP contribution in [-0.2, 0) is 33.8 Å². The van der Waals surface area contributed by atoms with Gasteiger partial charge in [0.1, 0.15) is 11.9 Å². The van der Waals surface area contributed by atoms with Gasteiger partial charge in [-0.15, -0.1) is 0 Å². The van der Waals surface area contributed by atoms with E-state index in [-0.39, 0.29) is 18.1 Å². The second kappa shape index (κ2) is 9.50. The Morgan fingerprint density at radius 1 is 1.38 bits per heavy atom. The van der Waals surface area contributed by atoms with Gasteiger partial charge in [0.15, 0.2) is 0 Å². The van der Waals surface area contributed by atoms with E-state index in [9.17, 15) is 4.79 Å². The van der Waals surface area contributed by atoms with Gasteiger partial charge in [0, 0.05) is 38.4 Å². The fourth-order valence-corrected chi connectivity index (χ4v) is 3.18. The molecular formula is C20H27N3O3. The fourth-order valence-electron chi connectivity index (χ4n) is 3.18. The first-order chi connectivity index (χ1) is 12.8. The van der Waals surface area contributed by atoms with Crippen LogP contribution < -0.4 is 5.32 Å². The number of ether oxygens (including phenoxy) is 2. The van der Waals surface area contributed by atoms with Gasteiger partial charge in [-0.3, -0.25) is 4.79 Å². The maximum absolute atomic E-state index is 12.4. The van der Waals surface area contributed by atoms with Crippen molar-refractivity contribution in [1.82, 2.24) is 14.9 Å². The van der Waals surface area contributed by atoms with Crippen molar-refractivity contribution < 1.29 is 14.3 Å². The second-order valence-electron chi connectivity index (χ2n) is 6.51. The number of hydrogen-bond acceptors (Lipinski definition) is 4. The Hall–Kier alpha value is -2.18. The van der Waals surface area contributed by atoms with Crippen LogP contribution in [0, 0.1) is 0 Å². The summed E-state index contributed by atoms with van der Waals surface area (Å²) in [7, 11) is 0. The third kappa shape index (κ3) is 5.16. The molecule has 6 heteroatoms. The molecule has 1 aliphatic heterocycles. The molecule has 2 aromatic rings. The van der Waals surface area contributed by atoms with E-state index in [1.807, 2.05) is 41.1 Å². The predicted octanol–water partition coefficient (Wildman–Crippen LogP) is 2.33. The van der Waals surface area contributed by atoms with Crippen molar-refractivity contribution in [2.24, 2.45) is 0 Å². The molecule has 0 radical (unpaired) electrons. The SMILES string of the molecule is CCc1nccn1CCC(=O)N[C@@H]1CCOC[C@H]1OCc1ccccc1. The van der Waals surface area contributed by atoms with Crippen molar-refractivity contribution in [2.45, 2.75) is 51.5 Å². The van der Waals surface area contributed by atoms with Gasteiger partial charge in [-0.1, -0.05) is 37.3 Å². The van der Waals surface area contributed by atoms with Crippen LogP contribution in [-0.4, -0.2) is 40.8 Å². The molecule has 1 saturated heterocycles.